The van der Waals surface area contributed by atoms with Crippen molar-refractivity contribution < 1.29 is 4.39 Å². The second-order valence-electron chi connectivity index (χ2n) is 5.59. The molecule has 1 aromatic carbocycles. The molecule has 0 bridgehead atoms. The summed E-state index contributed by atoms with van der Waals surface area (Å²) in [6.45, 7) is 3.90. The monoisotopic (exact) mass is 339 g/mol. The van der Waals surface area contributed by atoms with Crippen molar-refractivity contribution in [2.45, 2.75) is 6.54 Å². The maximum absolute atomic E-state index is 13.8. The maximum atomic E-state index is 13.8. The third-order valence-electron chi connectivity index (χ3n) is 4.17. The van der Waals surface area contributed by atoms with E-state index in [1.54, 1.807) is 41.8 Å². The standard InChI is InChI=1S/C18H14FN3OS/c1-3-12-8-15-17(24-12)13-9-20-22(18(23)16(13)21(15)2)10-11-6-4-5-7-14(11)19/h3-9H,1,10H2,2H3. The van der Waals surface area contributed by atoms with E-state index in [0.717, 1.165) is 20.5 Å². The largest absolute Gasteiger partial charge is 0.338 e. The molecule has 0 saturated heterocycles. The highest BCUT2D eigenvalue weighted by Crippen LogP contribution is 2.33. The van der Waals surface area contributed by atoms with E-state index >= 15 is 0 Å². The Hall–Kier alpha value is -2.73. The molecule has 0 fully saturated rings. The van der Waals surface area contributed by atoms with Crippen molar-refractivity contribution in [2.24, 2.45) is 7.05 Å². The fraction of sp³-hybridized carbons (Fsp3) is 0.111. The number of hydrogen-bond acceptors (Lipinski definition) is 3. The van der Waals surface area contributed by atoms with Gasteiger partial charge in [-0.2, -0.15) is 5.10 Å². The van der Waals surface area contributed by atoms with Crippen LogP contribution in [0.1, 0.15) is 10.4 Å². The van der Waals surface area contributed by atoms with Crippen molar-refractivity contribution in [1.82, 2.24) is 14.3 Å². The summed E-state index contributed by atoms with van der Waals surface area (Å²) in [5.41, 5.74) is 1.78. The zero-order chi connectivity index (χ0) is 16.8. The molecule has 3 aromatic heterocycles. The number of benzene rings is 1. The van der Waals surface area contributed by atoms with Gasteiger partial charge in [0.2, 0.25) is 0 Å². The number of aryl methyl sites for hydroxylation is 1. The predicted octanol–water partition coefficient (Wildman–Crippen LogP) is 3.78. The number of hydrogen-bond donors (Lipinski definition) is 0. The van der Waals surface area contributed by atoms with Gasteiger partial charge in [-0.15, -0.1) is 11.3 Å². The van der Waals surface area contributed by atoms with Crippen LogP contribution >= 0.6 is 11.3 Å². The zero-order valence-electron chi connectivity index (χ0n) is 13.0. The first kappa shape index (κ1) is 14.8. The van der Waals surface area contributed by atoms with Gasteiger partial charge in [0, 0.05) is 22.9 Å². The van der Waals surface area contributed by atoms with Gasteiger partial charge >= 0.3 is 0 Å². The molecule has 0 amide bonds. The fourth-order valence-corrected chi connectivity index (χ4v) is 3.98. The molecule has 0 radical (unpaired) electrons. The van der Waals surface area contributed by atoms with E-state index in [2.05, 4.69) is 11.7 Å². The lowest BCUT2D eigenvalue weighted by atomic mass is 10.2. The van der Waals surface area contributed by atoms with Gasteiger partial charge in [0.1, 0.15) is 11.3 Å². The van der Waals surface area contributed by atoms with Crippen LogP contribution in [0.25, 0.3) is 27.2 Å². The molecule has 0 N–H and O–H groups in total. The molecule has 0 spiro atoms. The Bertz CT molecular complexity index is 1150. The second-order valence-corrected chi connectivity index (χ2v) is 6.67. The summed E-state index contributed by atoms with van der Waals surface area (Å²) >= 11 is 1.58. The Kier molecular flexibility index (Phi) is 3.35. The minimum atomic E-state index is -0.338. The third-order valence-corrected chi connectivity index (χ3v) is 5.32. The van der Waals surface area contributed by atoms with Gasteiger partial charge in [-0.3, -0.25) is 4.79 Å². The van der Waals surface area contributed by atoms with Gasteiger partial charge in [-0.1, -0.05) is 30.9 Å². The van der Waals surface area contributed by atoms with E-state index in [1.165, 1.54) is 10.7 Å². The van der Waals surface area contributed by atoms with Gasteiger partial charge < -0.3 is 4.57 Å². The summed E-state index contributed by atoms with van der Waals surface area (Å²) in [5.74, 6) is -0.338. The molecule has 4 rings (SSSR count). The number of aromatic nitrogens is 3. The van der Waals surface area contributed by atoms with Gasteiger partial charge in [-0.25, -0.2) is 9.07 Å². The molecular formula is C18H14FN3OS. The fourth-order valence-electron chi connectivity index (χ4n) is 2.93. The van der Waals surface area contributed by atoms with Crippen molar-refractivity contribution in [2.75, 3.05) is 0 Å². The lowest BCUT2D eigenvalue weighted by Crippen LogP contribution is -2.24. The Morgan fingerprint density at radius 3 is 2.92 bits per heavy atom. The molecule has 0 saturated carbocycles. The van der Waals surface area contributed by atoms with Gasteiger partial charge in [0.15, 0.2) is 0 Å². The maximum Gasteiger partial charge on any atom is 0.291 e. The summed E-state index contributed by atoms with van der Waals surface area (Å²) in [7, 11) is 1.86. The van der Waals surface area contributed by atoms with E-state index in [1.807, 2.05) is 17.7 Å². The topological polar surface area (TPSA) is 39.8 Å². The average molecular weight is 339 g/mol. The SMILES string of the molecule is C=Cc1cc2c(s1)c1cnn(Cc3ccccc3F)c(=O)c1n2C. The van der Waals surface area contributed by atoms with E-state index in [-0.39, 0.29) is 17.9 Å². The number of thiophene rings is 1. The molecule has 4 nitrogen and oxygen atoms in total. The smallest absolute Gasteiger partial charge is 0.291 e. The third kappa shape index (κ3) is 2.11. The number of fused-ring (bicyclic) bond motifs is 3. The summed E-state index contributed by atoms with van der Waals surface area (Å²) in [6, 6.07) is 8.42. The van der Waals surface area contributed by atoms with E-state index < -0.39 is 0 Å². The molecule has 0 aliphatic rings. The van der Waals surface area contributed by atoms with Gasteiger partial charge in [-0.05, 0) is 12.1 Å². The number of rotatable bonds is 3. The van der Waals surface area contributed by atoms with Crippen LogP contribution in [0, 0.1) is 5.82 Å². The lowest BCUT2D eigenvalue weighted by Gasteiger charge is -2.06. The molecule has 6 heteroatoms. The highest BCUT2D eigenvalue weighted by Gasteiger charge is 2.16. The Morgan fingerprint density at radius 1 is 1.38 bits per heavy atom. The lowest BCUT2D eigenvalue weighted by molar-refractivity contribution is 0.574. The zero-order valence-corrected chi connectivity index (χ0v) is 13.8. The van der Waals surface area contributed by atoms with Crippen LogP contribution in [-0.2, 0) is 13.6 Å². The summed E-state index contributed by atoms with van der Waals surface area (Å²) < 4.78 is 18.0. The Morgan fingerprint density at radius 2 is 2.17 bits per heavy atom. The molecule has 4 aromatic rings. The molecular weight excluding hydrogens is 325 g/mol. The predicted molar refractivity (Wildman–Crippen MR) is 96.0 cm³/mol. The molecule has 120 valence electrons. The van der Waals surface area contributed by atoms with Crippen molar-refractivity contribution >= 4 is 38.5 Å². The highest BCUT2D eigenvalue weighted by molar-refractivity contribution is 7.20. The van der Waals surface area contributed by atoms with E-state index in [9.17, 15) is 9.18 Å². The van der Waals surface area contributed by atoms with Crippen LogP contribution in [0.4, 0.5) is 4.39 Å². The van der Waals surface area contributed by atoms with Crippen LogP contribution in [0.3, 0.4) is 0 Å². The molecule has 0 aliphatic carbocycles. The van der Waals surface area contributed by atoms with Crippen LogP contribution in [-0.4, -0.2) is 14.3 Å². The van der Waals surface area contributed by atoms with Crippen molar-refractivity contribution in [3.63, 3.8) is 0 Å². The van der Waals surface area contributed by atoms with E-state index in [0.29, 0.717) is 11.1 Å². The first-order valence-electron chi connectivity index (χ1n) is 7.44. The number of halogens is 1. The first-order valence-corrected chi connectivity index (χ1v) is 8.25. The molecule has 3 heterocycles. The number of nitrogens with zero attached hydrogens (tertiary/aromatic N) is 3. The molecule has 0 aliphatic heterocycles. The second kappa shape index (κ2) is 5.42. The van der Waals surface area contributed by atoms with Gasteiger partial charge in [0.05, 0.1) is 23.0 Å². The first-order chi connectivity index (χ1) is 11.6. The van der Waals surface area contributed by atoms with Crippen molar-refractivity contribution in [3.8, 4) is 0 Å². The summed E-state index contributed by atoms with van der Waals surface area (Å²) in [5, 5.41) is 5.07. The minimum Gasteiger partial charge on any atom is -0.338 e. The Balaban J connectivity index is 1.92. The Labute approximate surface area is 141 Å². The normalized spacial score (nSPS) is 11.4. The van der Waals surface area contributed by atoms with Crippen LogP contribution in [0.2, 0.25) is 0 Å². The average Bonchev–Trinajstić information content (AvgIpc) is 3.11. The highest BCUT2D eigenvalue weighted by atomic mass is 32.1. The summed E-state index contributed by atoms with van der Waals surface area (Å²) in [4.78, 5) is 13.9. The quantitative estimate of drug-likeness (QED) is 0.570. The summed E-state index contributed by atoms with van der Waals surface area (Å²) in [6.07, 6.45) is 3.48. The molecule has 0 atom stereocenters. The molecule has 0 unspecified atom stereocenters. The van der Waals surface area contributed by atoms with E-state index in [4.69, 9.17) is 0 Å². The van der Waals surface area contributed by atoms with Crippen LogP contribution in [0.15, 0.2) is 47.9 Å². The molecule has 24 heavy (non-hydrogen) atoms. The minimum absolute atomic E-state index is 0.109. The van der Waals surface area contributed by atoms with Crippen LogP contribution in [0.5, 0.6) is 0 Å². The van der Waals surface area contributed by atoms with Gasteiger partial charge in [0.25, 0.3) is 5.56 Å². The van der Waals surface area contributed by atoms with Crippen LogP contribution < -0.4 is 5.56 Å². The van der Waals surface area contributed by atoms with Crippen molar-refractivity contribution in [1.29, 1.82) is 0 Å². The van der Waals surface area contributed by atoms with Crippen molar-refractivity contribution in [3.05, 3.63) is 69.7 Å².